The Balaban J connectivity index is 2.71. The van der Waals surface area contributed by atoms with E-state index in [1.165, 1.54) is 5.56 Å². The summed E-state index contributed by atoms with van der Waals surface area (Å²) in [6.07, 6.45) is 0.495. The predicted molar refractivity (Wildman–Crippen MR) is 62.7 cm³/mol. The Morgan fingerprint density at radius 3 is 2.47 bits per heavy atom. The molecule has 2 unspecified atom stereocenters. The summed E-state index contributed by atoms with van der Waals surface area (Å²) in [5, 5.41) is 0. The molecule has 0 aliphatic rings. The van der Waals surface area contributed by atoms with Crippen LogP contribution in [-0.4, -0.2) is 11.8 Å². The molecule has 0 aliphatic heterocycles. The molecule has 2 heteroatoms. The molecule has 0 aliphatic carbocycles. The lowest BCUT2D eigenvalue weighted by atomic mass is 9.93. The Morgan fingerprint density at radius 2 is 1.93 bits per heavy atom. The van der Waals surface area contributed by atoms with E-state index in [-0.39, 0.29) is 17.7 Å². The summed E-state index contributed by atoms with van der Waals surface area (Å²) in [7, 11) is 0. The molecule has 0 saturated carbocycles. The first-order chi connectivity index (χ1) is 7.02. The minimum atomic E-state index is -0.0680. The molecule has 0 amide bonds. The van der Waals surface area contributed by atoms with Crippen LogP contribution in [0.2, 0.25) is 0 Å². The third kappa shape index (κ3) is 3.17. The molecule has 0 bridgehead atoms. The van der Waals surface area contributed by atoms with Crippen LogP contribution in [0.15, 0.2) is 24.3 Å². The molecule has 0 saturated heterocycles. The maximum absolute atomic E-state index is 11.8. The summed E-state index contributed by atoms with van der Waals surface area (Å²) in [6, 6.07) is 7.91. The van der Waals surface area contributed by atoms with Crippen molar-refractivity contribution >= 4 is 5.78 Å². The first-order valence-electron chi connectivity index (χ1n) is 5.35. The van der Waals surface area contributed by atoms with E-state index in [4.69, 9.17) is 5.73 Å². The smallest absolute Gasteiger partial charge is 0.141 e. The highest BCUT2D eigenvalue weighted by Crippen LogP contribution is 2.12. The van der Waals surface area contributed by atoms with Crippen molar-refractivity contribution in [3.8, 4) is 0 Å². The van der Waals surface area contributed by atoms with E-state index in [1.54, 1.807) is 0 Å². The van der Waals surface area contributed by atoms with Crippen molar-refractivity contribution in [3.05, 3.63) is 35.4 Å². The van der Waals surface area contributed by atoms with E-state index in [1.807, 2.05) is 45.0 Å². The number of Topliss-reactive ketones (excluding diaryl/α,β-unsaturated/α-hetero) is 1. The van der Waals surface area contributed by atoms with Gasteiger partial charge in [0.15, 0.2) is 0 Å². The Bertz CT molecular complexity index is 344. The average molecular weight is 205 g/mol. The van der Waals surface area contributed by atoms with Crippen LogP contribution in [0.25, 0.3) is 0 Å². The maximum atomic E-state index is 11.8. The molecule has 0 heterocycles. The molecule has 2 nitrogen and oxygen atoms in total. The lowest BCUT2D eigenvalue weighted by Crippen LogP contribution is -2.31. The lowest BCUT2D eigenvalue weighted by molar-refractivity contribution is -0.122. The highest BCUT2D eigenvalue weighted by atomic mass is 16.1. The molecule has 1 aromatic rings. The van der Waals surface area contributed by atoms with E-state index in [2.05, 4.69) is 0 Å². The normalized spacial score (nSPS) is 14.7. The topological polar surface area (TPSA) is 43.1 Å². The van der Waals surface area contributed by atoms with Gasteiger partial charge in [0.1, 0.15) is 5.78 Å². The van der Waals surface area contributed by atoms with Crippen molar-refractivity contribution in [3.63, 3.8) is 0 Å². The zero-order valence-electron chi connectivity index (χ0n) is 9.66. The van der Waals surface area contributed by atoms with Gasteiger partial charge in [0, 0.05) is 18.4 Å². The van der Waals surface area contributed by atoms with Gasteiger partial charge in [-0.15, -0.1) is 0 Å². The van der Waals surface area contributed by atoms with Gasteiger partial charge in [0.2, 0.25) is 0 Å². The quantitative estimate of drug-likeness (QED) is 0.818. The fourth-order valence-corrected chi connectivity index (χ4v) is 1.45. The number of carbonyl (C=O) groups is 1. The Labute approximate surface area is 91.5 Å². The molecule has 0 radical (unpaired) electrons. The van der Waals surface area contributed by atoms with Gasteiger partial charge in [0.25, 0.3) is 0 Å². The summed E-state index contributed by atoms with van der Waals surface area (Å²) in [5.41, 5.74) is 7.98. The third-order valence-electron chi connectivity index (χ3n) is 2.92. The van der Waals surface area contributed by atoms with Crippen molar-refractivity contribution in [1.29, 1.82) is 0 Å². The lowest BCUT2D eigenvalue weighted by Gasteiger charge is -2.14. The molecular weight excluding hydrogens is 186 g/mol. The van der Waals surface area contributed by atoms with Crippen molar-refractivity contribution in [1.82, 2.24) is 0 Å². The van der Waals surface area contributed by atoms with Crippen LogP contribution in [0.4, 0.5) is 0 Å². The van der Waals surface area contributed by atoms with Crippen LogP contribution in [-0.2, 0) is 11.2 Å². The van der Waals surface area contributed by atoms with Crippen LogP contribution >= 0.6 is 0 Å². The van der Waals surface area contributed by atoms with E-state index < -0.39 is 0 Å². The number of rotatable bonds is 4. The molecule has 2 atom stereocenters. The van der Waals surface area contributed by atoms with Gasteiger partial charge in [-0.3, -0.25) is 4.79 Å². The van der Waals surface area contributed by atoms with E-state index in [0.29, 0.717) is 6.42 Å². The van der Waals surface area contributed by atoms with E-state index in [0.717, 1.165) is 5.56 Å². The van der Waals surface area contributed by atoms with Crippen LogP contribution in [0.5, 0.6) is 0 Å². The highest BCUT2D eigenvalue weighted by molar-refractivity contribution is 5.83. The number of aryl methyl sites for hydroxylation is 1. The monoisotopic (exact) mass is 205 g/mol. The largest absolute Gasteiger partial charge is 0.327 e. The SMILES string of the molecule is Cc1ccccc1CC(=O)C(C)C(C)N. The second-order valence-corrected chi connectivity index (χ2v) is 4.22. The molecule has 82 valence electrons. The first kappa shape index (κ1) is 11.9. The standard InChI is InChI=1S/C13H19NO/c1-9-6-4-5-7-12(9)8-13(15)10(2)11(3)14/h4-7,10-11H,8,14H2,1-3H3. The zero-order chi connectivity index (χ0) is 11.4. The number of benzene rings is 1. The maximum Gasteiger partial charge on any atom is 0.141 e. The summed E-state index contributed by atoms with van der Waals surface area (Å²) in [5.74, 6) is 0.156. The van der Waals surface area contributed by atoms with Gasteiger partial charge in [-0.05, 0) is 25.0 Å². The Hall–Kier alpha value is -1.15. The molecule has 0 aromatic heterocycles. The molecular formula is C13H19NO. The van der Waals surface area contributed by atoms with Crippen molar-refractivity contribution in [2.75, 3.05) is 0 Å². The molecule has 15 heavy (non-hydrogen) atoms. The summed E-state index contributed by atoms with van der Waals surface area (Å²) in [4.78, 5) is 11.8. The number of nitrogens with two attached hydrogens (primary N) is 1. The molecule has 0 spiro atoms. The van der Waals surface area contributed by atoms with E-state index in [9.17, 15) is 4.79 Å². The van der Waals surface area contributed by atoms with Crippen LogP contribution < -0.4 is 5.73 Å². The minimum Gasteiger partial charge on any atom is -0.327 e. The van der Waals surface area contributed by atoms with E-state index >= 15 is 0 Å². The number of carbonyl (C=O) groups excluding carboxylic acids is 1. The average Bonchev–Trinajstić information content (AvgIpc) is 2.20. The zero-order valence-corrected chi connectivity index (χ0v) is 9.66. The second kappa shape index (κ2) is 5.08. The molecule has 0 fully saturated rings. The number of ketones is 1. The fraction of sp³-hybridized carbons (Fsp3) is 0.462. The summed E-state index contributed by atoms with van der Waals surface area (Å²) < 4.78 is 0. The molecule has 1 aromatic carbocycles. The van der Waals surface area contributed by atoms with Gasteiger partial charge in [0.05, 0.1) is 0 Å². The predicted octanol–water partition coefficient (Wildman–Crippen LogP) is 2.09. The molecule has 1 rings (SSSR count). The summed E-state index contributed by atoms with van der Waals surface area (Å²) >= 11 is 0. The van der Waals surface area contributed by atoms with Gasteiger partial charge in [-0.1, -0.05) is 31.2 Å². The number of hydrogen-bond acceptors (Lipinski definition) is 2. The van der Waals surface area contributed by atoms with Crippen LogP contribution in [0, 0.1) is 12.8 Å². The fourth-order valence-electron chi connectivity index (χ4n) is 1.45. The number of hydrogen-bond donors (Lipinski definition) is 1. The Morgan fingerprint density at radius 1 is 1.33 bits per heavy atom. The third-order valence-corrected chi connectivity index (χ3v) is 2.92. The summed E-state index contributed by atoms with van der Waals surface area (Å²) in [6.45, 7) is 5.80. The van der Waals surface area contributed by atoms with Gasteiger partial charge < -0.3 is 5.73 Å². The Kier molecular flexibility index (Phi) is 4.04. The van der Waals surface area contributed by atoms with Crippen molar-refractivity contribution < 1.29 is 4.79 Å². The van der Waals surface area contributed by atoms with Crippen LogP contribution in [0.1, 0.15) is 25.0 Å². The van der Waals surface area contributed by atoms with Gasteiger partial charge in [-0.2, -0.15) is 0 Å². The first-order valence-corrected chi connectivity index (χ1v) is 5.35. The highest BCUT2D eigenvalue weighted by Gasteiger charge is 2.17. The van der Waals surface area contributed by atoms with Gasteiger partial charge >= 0.3 is 0 Å². The van der Waals surface area contributed by atoms with Crippen LogP contribution in [0.3, 0.4) is 0 Å². The minimum absolute atomic E-state index is 0.0652. The second-order valence-electron chi connectivity index (χ2n) is 4.22. The van der Waals surface area contributed by atoms with Gasteiger partial charge in [-0.25, -0.2) is 0 Å². The van der Waals surface area contributed by atoms with Crippen molar-refractivity contribution in [2.24, 2.45) is 11.7 Å². The van der Waals surface area contributed by atoms with Crippen molar-refractivity contribution in [2.45, 2.75) is 33.2 Å². The molecule has 2 N–H and O–H groups in total.